The van der Waals surface area contributed by atoms with Crippen LogP contribution in [0.4, 0.5) is 5.69 Å². The highest BCUT2D eigenvalue weighted by Gasteiger charge is 2.22. The molecular formula is C19H31ClIN5O2S. The number of halogens is 2. The van der Waals surface area contributed by atoms with Crippen molar-refractivity contribution >= 4 is 57.1 Å². The fraction of sp³-hybridized carbons (Fsp3) is 0.632. The zero-order valence-corrected chi connectivity index (χ0v) is 20.8. The van der Waals surface area contributed by atoms with Gasteiger partial charge in [0, 0.05) is 52.4 Å². The molecule has 0 spiro atoms. The Hall–Kier alpha value is -0.780. The lowest BCUT2D eigenvalue weighted by molar-refractivity contribution is 0.302. The first kappa shape index (κ1) is 24.5. The van der Waals surface area contributed by atoms with Gasteiger partial charge in [-0.25, -0.2) is 8.42 Å². The van der Waals surface area contributed by atoms with Crippen molar-refractivity contribution in [2.75, 3.05) is 75.3 Å². The smallest absolute Gasteiger partial charge is 0.194 e. The SMILES string of the molecule is CCNC(=NCCN1CCS(=O)(=O)CC1)N1CCN(c2ccccc2Cl)CC1.I. The van der Waals surface area contributed by atoms with Gasteiger partial charge in [0.25, 0.3) is 0 Å². The monoisotopic (exact) mass is 555 g/mol. The number of rotatable bonds is 5. The lowest BCUT2D eigenvalue weighted by Gasteiger charge is -2.38. The van der Waals surface area contributed by atoms with E-state index in [0.717, 1.165) is 55.9 Å². The van der Waals surface area contributed by atoms with Crippen molar-refractivity contribution in [2.24, 2.45) is 4.99 Å². The van der Waals surface area contributed by atoms with Crippen LogP contribution in [0.2, 0.25) is 5.02 Å². The van der Waals surface area contributed by atoms with Gasteiger partial charge in [-0.1, -0.05) is 23.7 Å². The van der Waals surface area contributed by atoms with Crippen LogP contribution < -0.4 is 10.2 Å². The summed E-state index contributed by atoms with van der Waals surface area (Å²) in [4.78, 5) is 11.6. The maximum atomic E-state index is 11.5. The van der Waals surface area contributed by atoms with Gasteiger partial charge in [-0.2, -0.15) is 0 Å². The van der Waals surface area contributed by atoms with Gasteiger partial charge in [0.05, 0.1) is 28.8 Å². The quantitative estimate of drug-likeness (QED) is 0.339. The molecule has 0 unspecified atom stereocenters. The molecule has 0 atom stereocenters. The summed E-state index contributed by atoms with van der Waals surface area (Å²) in [5.74, 6) is 1.47. The lowest BCUT2D eigenvalue weighted by Crippen LogP contribution is -2.52. The molecule has 7 nitrogen and oxygen atoms in total. The van der Waals surface area contributed by atoms with Gasteiger partial charge in [0.15, 0.2) is 15.8 Å². The van der Waals surface area contributed by atoms with E-state index < -0.39 is 9.84 Å². The molecule has 10 heteroatoms. The van der Waals surface area contributed by atoms with Gasteiger partial charge in [-0.15, -0.1) is 24.0 Å². The van der Waals surface area contributed by atoms with Crippen LogP contribution in [0, 0.1) is 0 Å². The minimum atomic E-state index is -2.83. The van der Waals surface area contributed by atoms with E-state index >= 15 is 0 Å². The van der Waals surface area contributed by atoms with Crippen LogP contribution >= 0.6 is 35.6 Å². The second kappa shape index (κ2) is 11.6. The highest BCUT2D eigenvalue weighted by Crippen LogP contribution is 2.26. The van der Waals surface area contributed by atoms with E-state index in [1.165, 1.54) is 0 Å². The second-order valence-electron chi connectivity index (χ2n) is 7.15. The second-order valence-corrected chi connectivity index (χ2v) is 9.87. The molecule has 2 heterocycles. The van der Waals surface area contributed by atoms with Crippen molar-refractivity contribution in [3.63, 3.8) is 0 Å². The van der Waals surface area contributed by atoms with Crippen LogP contribution in [-0.4, -0.2) is 94.6 Å². The van der Waals surface area contributed by atoms with E-state index in [2.05, 4.69) is 33.0 Å². The van der Waals surface area contributed by atoms with Gasteiger partial charge in [-0.05, 0) is 19.1 Å². The molecule has 0 aromatic heterocycles. The Balaban J connectivity index is 0.00000300. The van der Waals surface area contributed by atoms with Crippen LogP contribution in [0.15, 0.2) is 29.3 Å². The van der Waals surface area contributed by atoms with Crippen molar-refractivity contribution in [3.05, 3.63) is 29.3 Å². The van der Waals surface area contributed by atoms with Crippen molar-refractivity contribution in [1.82, 2.24) is 15.1 Å². The molecule has 1 aromatic rings. The molecule has 2 aliphatic heterocycles. The van der Waals surface area contributed by atoms with Gasteiger partial charge in [-0.3, -0.25) is 9.89 Å². The first-order valence-corrected chi connectivity index (χ1v) is 12.1. The summed E-state index contributed by atoms with van der Waals surface area (Å²) in [5.41, 5.74) is 1.09. The van der Waals surface area contributed by atoms with Crippen LogP contribution in [-0.2, 0) is 9.84 Å². The van der Waals surface area contributed by atoms with Crippen molar-refractivity contribution in [2.45, 2.75) is 6.92 Å². The first-order valence-electron chi connectivity index (χ1n) is 9.94. The number of nitrogens with one attached hydrogen (secondary N) is 1. The highest BCUT2D eigenvalue weighted by atomic mass is 127. The Kier molecular flexibility index (Phi) is 9.77. The number of sulfone groups is 1. The summed E-state index contributed by atoms with van der Waals surface area (Å²) in [5, 5.41) is 4.18. The largest absolute Gasteiger partial charge is 0.367 e. The molecule has 2 aliphatic rings. The number of hydrogen-bond acceptors (Lipinski definition) is 5. The van der Waals surface area contributed by atoms with Gasteiger partial charge in [0.2, 0.25) is 0 Å². The standard InChI is InChI=1S/C19H30ClN5O2S.HI/c1-2-21-19(22-7-8-23-13-15-28(26,27)16-14-23)25-11-9-24(10-12-25)18-6-4-3-5-17(18)20;/h3-6H,2,7-16H2,1H3,(H,21,22);1H. The van der Waals surface area contributed by atoms with Crippen LogP contribution in [0.3, 0.4) is 0 Å². The van der Waals surface area contributed by atoms with E-state index in [-0.39, 0.29) is 35.5 Å². The van der Waals surface area contributed by atoms with Crippen LogP contribution in [0.1, 0.15) is 6.92 Å². The summed E-state index contributed by atoms with van der Waals surface area (Å²) in [6, 6.07) is 7.97. The average molecular weight is 556 g/mol. The van der Waals surface area contributed by atoms with Crippen LogP contribution in [0.25, 0.3) is 0 Å². The molecule has 1 aromatic carbocycles. The van der Waals surface area contributed by atoms with Crippen molar-refractivity contribution in [3.8, 4) is 0 Å². The number of nitrogens with zero attached hydrogens (tertiary/aromatic N) is 4. The molecule has 0 aliphatic carbocycles. The maximum Gasteiger partial charge on any atom is 0.194 e. The zero-order chi connectivity index (χ0) is 20.0. The van der Waals surface area contributed by atoms with Gasteiger partial charge >= 0.3 is 0 Å². The highest BCUT2D eigenvalue weighted by molar-refractivity contribution is 14.0. The summed E-state index contributed by atoms with van der Waals surface area (Å²) in [7, 11) is -2.83. The predicted octanol–water partition coefficient (Wildman–Crippen LogP) is 1.78. The molecule has 3 rings (SSSR count). The number of guanidine groups is 1. The molecule has 1 N–H and O–H groups in total. The number of benzene rings is 1. The third-order valence-electron chi connectivity index (χ3n) is 5.22. The minimum Gasteiger partial charge on any atom is -0.367 e. The molecule has 0 radical (unpaired) electrons. The van der Waals surface area contributed by atoms with Crippen molar-refractivity contribution < 1.29 is 8.42 Å². The minimum absolute atomic E-state index is 0. The van der Waals surface area contributed by atoms with Gasteiger partial charge in [0.1, 0.15) is 0 Å². The Labute approximate surface area is 196 Å². The van der Waals surface area contributed by atoms with E-state index in [1.54, 1.807) is 0 Å². The molecular weight excluding hydrogens is 525 g/mol. The summed E-state index contributed by atoms with van der Waals surface area (Å²) >= 11 is 6.33. The fourth-order valence-corrected chi connectivity index (χ4v) is 5.10. The summed E-state index contributed by atoms with van der Waals surface area (Å²) < 4.78 is 23.1. The lowest BCUT2D eigenvalue weighted by atomic mass is 10.2. The van der Waals surface area contributed by atoms with Crippen molar-refractivity contribution in [1.29, 1.82) is 0 Å². The molecule has 0 amide bonds. The fourth-order valence-electron chi connectivity index (χ4n) is 3.56. The number of aliphatic imine (C=N–C) groups is 1. The number of hydrogen-bond donors (Lipinski definition) is 1. The van der Waals surface area contributed by atoms with Crippen LogP contribution in [0.5, 0.6) is 0 Å². The molecule has 2 fully saturated rings. The maximum absolute atomic E-state index is 11.5. The molecule has 0 bridgehead atoms. The predicted molar refractivity (Wildman–Crippen MR) is 132 cm³/mol. The topological polar surface area (TPSA) is 68.2 Å². The van der Waals surface area contributed by atoms with E-state index in [4.69, 9.17) is 16.6 Å². The number of piperazine rings is 1. The normalized spacial score (nSPS) is 20.3. The molecule has 2 saturated heterocycles. The third kappa shape index (κ3) is 7.15. The summed E-state index contributed by atoms with van der Waals surface area (Å²) in [6.45, 7) is 9.18. The molecule has 164 valence electrons. The van der Waals surface area contributed by atoms with E-state index in [0.29, 0.717) is 19.6 Å². The average Bonchev–Trinajstić information content (AvgIpc) is 2.69. The van der Waals surface area contributed by atoms with E-state index in [1.807, 2.05) is 18.2 Å². The summed E-state index contributed by atoms with van der Waals surface area (Å²) in [6.07, 6.45) is 0. The Morgan fingerprint density at radius 1 is 1.10 bits per heavy atom. The van der Waals surface area contributed by atoms with E-state index in [9.17, 15) is 8.42 Å². The Morgan fingerprint density at radius 2 is 1.76 bits per heavy atom. The number of para-hydroxylation sites is 1. The third-order valence-corrected chi connectivity index (χ3v) is 7.15. The zero-order valence-electron chi connectivity index (χ0n) is 16.9. The Morgan fingerprint density at radius 3 is 2.38 bits per heavy atom. The molecule has 0 saturated carbocycles. The molecule has 29 heavy (non-hydrogen) atoms. The number of anilines is 1. The first-order chi connectivity index (χ1) is 13.5. The Bertz CT molecular complexity index is 771. The van der Waals surface area contributed by atoms with Gasteiger partial charge < -0.3 is 15.1 Å².